The molecule has 0 unspecified atom stereocenters. The summed E-state index contributed by atoms with van der Waals surface area (Å²) < 4.78 is 4.08. The van der Waals surface area contributed by atoms with Gasteiger partial charge in [-0.2, -0.15) is 5.10 Å². The van der Waals surface area contributed by atoms with Gasteiger partial charge in [-0.3, -0.25) is 9.48 Å². The van der Waals surface area contributed by atoms with Crippen molar-refractivity contribution in [2.45, 2.75) is 46.7 Å². The number of likely N-dealkylation sites (tertiary alicyclic amines) is 1. The van der Waals surface area contributed by atoms with E-state index in [-0.39, 0.29) is 5.91 Å². The van der Waals surface area contributed by atoms with Crippen molar-refractivity contribution in [3.8, 4) is 0 Å². The Morgan fingerprint density at radius 1 is 1.30 bits per heavy atom. The first-order valence-electron chi connectivity index (χ1n) is 8.40. The zero-order valence-electron chi connectivity index (χ0n) is 14.2. The number of piperidine rings is 1. The molecule has 0 saturated carbocycles. The summed E-state index contributed by atoms with van der Waals surface area (Å²) in [4.78, 5) is 18.8. The third kappa shape index (κ3) is 3.30. The van der Waals surface area contributed by atoms with E-state index >= 15 is 0 Å². The molecule has 0 aromatic carbocycles. The molecule has 0 spiro atoms. The van der Waals surface area contributed by atoms with E-state index in [1.807, 2.05) is 30.3 Å². The van der Waals surface area contributed by atoms with Crippen LogP contribution < -0.4 is 0 Å². The Kier molecular flexibility index (Phi) is 4.50. The first-order valence-corrected chi connectivity index (χ1v) is 8.40. The van der Waals surface area contributed by atoms with Crippen LogP contribution in [-0.4, -0.2) is 43.2 Å². The van der Waals surface area contributed by atoms with Gasteiger partial charge in [0.1, 0.15) is 11.5 Å². The molecule has 2 aromatic heterocycles. The summed E-state index contributed by atoms with van der Waals surface area (Å²) in [5, 5.41) is 4.32. The number of aryl methyl sites for hydroxylation is 3. The van der Waals surface area contributed by atoms with Crippen molar-refractivity contribution in [3.63, 3.8) is 0 Å². The van der Waals surface area contributed by atoms with Crippen LogP contribution in [0.5, 0.6) is 0 Å². The van der Waals surface area contributed by atoms with Gasteiger partial charge >= 0.3 is 0 Å². The Morgan fingerprint density at radius 2 is 2.04 bits per heavy atom. The number of rotatable bonds is 4. The summed E-state index contributed by atoms with van der Waals surface area (Å²) in [6.45, 7) is 9.60. The number of amides is 1. The summed E-state index contributed by atoms with van der Waals surface area (Å²) in [5.74, 6) is 1.75. The maximum Gasteiger partial charge on any atom is 0.274 e. The monoisotopic (exact) mass is 315 g/mol. The molecule has 1 fully saturated rings. The molecule has 1 saturated heterocycles. The molecule has 0 aliphatic carbocycles. The molecule has 0 radical (unpaired) electrons. The number of carbonyl (C=O) groups is 1. The van der Waals surface area contributed by atoms with Crippen molar-refractivity contribution >= 4 is 5.91 Å². The highest BCUT2D eigenvalue weighted by atomic mass is 16.2. The van der Waals surface area contributed by atoms with E-state index in [1.54, 1.807) is 4.68 Å². The van der Waals surface area contributed by atoms with Gasteiger partial charge in [0.15, 0.2) is 0 Å². The van der Waals surface area contributed by atoms with E-state index in [0.717, 1.165) is 44.8 Å². The van der Waals surface area contributed by atoms with Gasteiger partial charge in [-0.15, -0.1) is 0 Å². The first kappa shape index (κ1) is 15.8. The quantitative estimate of drug-likeness (QED) is 0.869. The highest BCUT2D eigenvalue weighted by Crippen LogP contribution is 2.21. The van der Waals surface area contributed by atoms with Crippen LogP contribution in [0.4, 0.5) is 0 Å². The molecule has 1 aliphatic heterocycles. The van der Waals surface area contributed by atoms with E-state index in [9.17, 15) is 4.79 Å². The minimum Gasteiger partial charge on any atom is -0.337 e. The summed E-state index contributed by atoms with van der Waals surface area (Å²) in [6.07, 6.45) is 5.87. The molecule has 0 N–H and O–H groups in total. The van der Waals surface area contributed by atoms with Crippen LogP contribution in [0.3, 0.4) is 0 Å². The van der Waals surface area contributed by atoms with Crippen LogP contribution in [0.15, 0.2) is 18.5 Å². The Bertz CT molecular complexity index is 659. The van der Waals surface area contributed by atoms with E-state index in [0.29, 0.717) is 11.6 Å². The Labute approximate surface area is 137 Å². The Balaban J connectivity index is 1.57. The fraction of sp³-hybridized carbons (Fsp3) is 0.588. The van der Waals surface area contributed by atoms with Crippen molar-refractivity contribution in [1.82, 2.24) is 24.2 Å². The highest BCUT2D eigenvalue weighted by Gasteiger charge is 2.25. The molecular weight excluding hydrogens is 290 g/mol. The molecule has 124 valence electrons. The van der Waals surface area contributed by atoms with Gasteiger partial charge in [0.05, 0.1) is 0 Å². The summed E-state index contributed by atoms with van der Waals surface area (Å²) in [6, 6.07) is 1.82. The van der Waals surface area contributed by atoms with Crippen LogP contribution >= 0.6 is 0 Å². The molecule has 1 aliphatic rings. The minimum atomic E-state index is 0.0608. The molecule has 0 atom stereocenters. The topological polar surface area (TPSA) is 56.0 Å². The van der Waals surface area contributed by atoms with Gasteiger partial charge in [0.2, 0.25) is 0 Å². The zero-order valence-corrected chi connectivity index (χ0v) is 14.2. The lowest BCUT2D eigenvalue weighted by atomic mass is 9.96. The molecule has 0 bridgehead atoms. The van der Waals surface area contributed by atoms with E-state index in [4.69, 9.17) is 0 Å². The molecule has 23 heavy (non-hydrogen) atoms. The van der Waals surface area contributed by atoms with Crippen LogP contribution in [0.25, 0.3) is 0 Å². The van der Waals surface area contributed by atoms with Crippen LogP contribution in [-0.2, 0) is 13.1 Å². The normalized spacial score (nSPS) is 16.0. The molecular formula is C17H25N5O. The minimum absolute atomic E-state index is 0.0608. The molecule has 3 heterocycles. The van der Waals surface area contributed by atoms with Crippen molar-refractivity contribution in [2.24, 2.45) is 5.92 Å². The van der Waals surface area contributed by atoms with Gasteiger partial charge < -0.3 is 9.47 Å². The first-order chi connectivity index (χ1) is 11.1. The van der Waals surface area contributed by atoms with Gasteiger partial charge in [0, 0.05) is 44.3 Å². The lowest BCUT2D eigenvalue weighted by Crippen LogP contribution is -2.39. The van der Waals surface area contributed by atoms with E-state index in [1.165, 1.54) is 5.69 Å². The number of aromatic nitrogens is 4. The van der Waals surface area contributed by atoms with Gasteiger partial charge in [0.25, 0.3) is 5.91 Å². The standard InChI is InChI=1S/C17H25N5O/c1-4-21-10-7-16(19-21)17(23)20-8-5-15(6-9-20)12-22-13(2)11-18-14(22)3/h7,10-11,15H,4-6,8-9,12H2,1-3H3. The summed E-state index contributed by atoms with van der Waals surface area (Å²) in [7, 11) is 0. The molecule has 3 rings (SSSR count). The molecule has 6 nitrogen and oxygen atoms in total. The second-order valence-electron chi connectivity index (χ2n) is 6.35. The summed E-state index contributed by atoms with van der Waals surface area (Å²) in [5.41, 5.74) is 1.78. The molecule has 6 heteroatoms. The van der Waals surface area contributed by atoms with Crippen LogP contribution in [0.2, 0.25) is 0 Å². The number of carbonyl (C=O) groups excluding carboxylic acids is 1. The smallest absolute Gasteiger partial charge is 0.274 e. The Hall–Kier alpha value is -2.11. The fourth-order valence-electron chi connectivity index (χ4n) is 3.25. The lowest BCUT2D eigenvalue weighted by molar-refractivity contribution is 0.0675. The zero-order chi connectivity index (χ0) is 16.4. The average Bonchev–Trinajstić information content (AvgIpc) is 3.17. The second kappa shape index (κ2) is 6.56. The van der Waals surface area contributed by atoms with Gasteiger partial charge in [-0.1, -0.05) is 0 Å². The highest BCUT2D eigenvalue weighted by molar-refractivity contribution is 5.92. The maximum atomic E-state index is 12.5. The van der Waals surface area contributed by atoms with Crippen LogP contribution in [0, 0.1) is 19.8 Å². The van der Waals surface area contributed by atoms with E-state index < -0.39 is 0 Å². The average molecular weight is 315 g/mol. The SMILES string of the molecule is CCn1ccc(C(=O)N2CCC(Cn3c(C)cnc3C)CC2)n1. The number of imidazole rings is 1. The third-order valence-corrected chi connectivity index (χ3v) is 4.78. The van der Waals surface area contributed by atoms with Gasteiger partial charge in [-0.25, -0.2) is 4.98 Å². The number of hydrogen-bond donors (Lipinski definition) is 0. The predicted octanol–water partition coefficient (Wildman–Crippen LogP) is 2.27. The molecule has 2 aromatic rings. The van der Waals surface area contributed by atoms with Crippen molar-refractivity contribution in [3.05, 3.63) is 35.7 Å². The predicted molar refractivity (Wildman–Crippen MR) is 88.2 cm³/mol. The summed E-state index contributed by atoms with van der Waals surface area (Å²) >= 11 is 0. The van der Waals surface area contributed by atoms with Crippen LogP contribution in [0.1, 0.15) is 41.8 Å². The van der Waals surface area contributed by atoms with Gasteiger partial charge in [-0.05, 0) is 45.6 Å². The fourth-order valence-corrected chi connectivity index (χ4v) is 3.25. The second-order valence-corrected chi connectivity index (χ2v) is 6.35. The lowest BCUT2D eigenvalue weighted by Gasteiger charge is -2.32. The molecule has 1 amide bonds. The number of nitrogens with zero attached hydrogens (tertiary/aromatic N) is 5. The largest absolute Gasteiger partial charge is 0.337 e. The number of hydrogen-bond acceptors (Lipinski definition) is 3. The Morgan fingerprint density at radius 3 is 2.61 bits per heavy atom. The van der Waals surface area contributed by atoms with Crippen molar-refractivity contribution in [2.75, 3.05) is 13.1 Å². The van der Waals surface area contributed by atoms with E-state index in [2.05, 4.69) is 28.5 Å². The third-order valence-electron chi connectivity index (χ3n) is 4.78. The van der Waals surface area contributed by atoms with Crippen molar-refractivity contribution < 1.29 is 4.79 Å². The van der Waals surface area contributed by atoms with Crippen molar-refractivity contribution in [1.29, 1.82) is 0 Å². The maximum absolute atomic E-state index is 12.5.